The fourth-order valence-electron chi connectivity index (χ4n) is 4.65. The second-order valence-corrected chi connectivity index (χ2v) is 9.48. The summed E-state index contributed by atoms with van der Waals surface area (Å²) < 4.78 is 26.1. The predicted molar refractivity (Wildman–Crippen MR) is 142 cm³/mol. The van der Waals surface area contributed by atoms with Gasteiger partial charge in [-0.1, -0.05) is 0 Å². The molecule has 3 heterocycles. The van der Waals surface area contributed by atoms with Gasteiger partial charge in [-0.2, -0.15) is 5.10 Å². The second kappa shape index (κ2) is 12.2. The van der Waals surface area contributed by atoms with Crippen LogP contribution in [-0.2, 0) is 27.2 Å². The molecule has 198 valence electrons. The van der Waals surface area contributed by atoms with Gasteiger partial charge in [-0.15, -0.1) is 0 Å². The van der Waals surface area contributed by atoms with Crippen molar-refractivity contribution in [2.75, 3.05) is 47.0 Å². The molecule has 2 aliphatic heterocycles. The molecule has 0 atom stereocenters. The molecule has 1 fully saturated rings. The van der Waals surface area contributed by atoms with Gasteiger partial charge in [0.05, 0.1) is 19.0 Å². The van der Waals surface area contributed by atoms with Gasteiger partial charge in [-0.3, -0.25) is 9.48 Å². The summed E-state index contributed by atoms with van der Waals surface area (Å²) in [5, 5.41) is 4.74. The topological polar surface area (TPSA) is 72.2 Å². The molecule has 0 aliphatic carbocycles. The van der Waals surface area contributed by atoms with Crippen molar-refractivity contribution in [1.82, 2.24) is 19.6 Å². The largest absolute Gasteiger partial charge is 0.495 e. The molecule has 1 aromatic heterocycles. The first-order chi connectivity index (χ1) is 17.9. The Morgan fingerprint density at radius 1 is 1.11 bits per heavy atom. The number of aryl methyl sites for hydroxylation is 2. The van der Waals surface area contributed by atoms with Gasteiger partial charge in [-0.05, 0) is 74.6 Å². The average molecular weight is 510 g/mol. The van der Waals surface area contributed by atoms with E-state index < -0.39 is 0 Å². The molecule has 0 radical (unpaired) electrons. The summed E-state index contributed by atoms with van der Waals surface area (Å²) in [7, 11) is 3.33. The molecule has 1 amide bonds. The van der Waals surface area contributed by atoms with Gasteiger partial charge in [0, 0.05) is 51.2 Å². The van der Waals surface area contributed by atoms with Crippen LogP contribution in [0, 0.1) is 12.7 Å². The van der Waals surface area contributed by atoms with Gasteiger partial charge in [0.15, 0.2) is 0 Å². The third kappa shape index (κ3) is 6.46. The predicted octanol–water partition coefficient (Wildman–Crippen LogP) is 3.96. The SMILES string of the molecule is COCCCc1cc(-c2ccc(F)c(C)c2)nn1CC(=O)N1CCN(C2=C(C)CC=C(OC)C=N2)CC1. The van der Waals surface area contributed by atoms with Crippen LogP contribution in [0.25, 0.3) is 11.3 Å². The number of carbonyl (C=O) groups is 1. The molecule has 2 aromatic rings. The van der Waals surface area contributed by atoms with Crippen molar-refractivity contribution in [3.05, 3.63) is 64.6 Å². The van der Waals surface area contributed by atoms with Crippen molar-refractivity contribution in [2.45, 2.75) is 39.7 Å². The Kier molecular flexibility index (Phi) is 8.76. The van der Waals surface area contributed by atoms with Gasteiger partial charge in [0.2, 0.25) is 5.91 Å². The molecule has 37 heavy (non-hydrogen) atoms. The second-order valence-electron chi connectivity index (χ2n) is 9.48. The minimum Gasteiger partial charge on any atom is -0.495 e. The molecule has 0 bridgehead atoms. The Balaban J connectivity index is 1.43. The first-order valence-electron chi connectivity index (χ1n) is 12.7. The van der Waals surface area contributed by atoms with E-state index >= 15 is 0 Å². The summed E-state index contributed by atoms with van der Waals surface area (Å²) in [4.78, 5) is 22.1. The Bertz CT molecular complexity index is 1210. The van der Waals surface area contributed by atoms with Crippen LogP contribution in [0.5, 0.6) is 0 Å². The fourth-order valence-corrected chi connectivity index (χ4v) is 4.65. The molecule has 0 unspecified atom stereocenters. The third-order valence-electron chi connectivity index (χ3n) is 6.86. The summed E-state index contributed by atoms with van der Waals surface area (Å²) in [6.07, 6.45) is 6.14. The molecule has 8 nitrogen and oxygen atoms in total. The first kappa shape index (κ1) is 26.6. The third-order valence-corrected chi connectivity index (χ3v) is 6.86. The summed E-state index contributed by atoms with van der Waals surface area (Å²) in [6, 6.07) is 6.97. The van der Waals surface area contributed by atoms with E-state index in [-0.39, 0.29) is 18.3 Å². The molecule has 0 spiro atoms. The van der Waals surface area contributed by atoms with Crippen molar-refractivity contribution >= 4 is 12.1 Å². The zero-order chi connectivity index (χ0) is 26.4. The molecule has 9 heteroatoms. The summed E-state index contributed by atoms with van der Waals surface area (Å²) in [5.41, 5.74) is 4.30. The molecule has 1 saturated heterocycles. The highest BCUT2D eigenvalue weighted by atomic mass is 19.1. The Morgan fingerprint density at radius 2 is 1.89 bits per heavy atom. The van der Waals surface area contributed by atoms with E-state index in [1.807, 2.05) is 17.0 Å². The van der Waals surface area contributed by atoms with Crippen LogP contribution in [0.3, 0.4) is 0 Å². The highest BCUT2D eigenvalue weighted by molar-refractivity contribution is 5.78. The van der Waals surface area contributed by atoms with Crippen molar-refractivity contribution in [3.63, 3.8) is 0 Å². The normalized spacial score (nSPS) is 16.2. The molecular formula is C28H36FN5O3. The Morgan fingerprint density at radius 3 is 2.59 bits per heavy atom. The lowest BCUT2D eigenvalue weighted by Crippen LogP contribution is -2.49. The van der Waals surface area contributed by atoms with Crippen LogP contribution in [-0.4, -0.2) is 78.7 Å². The van der Waals surface area contributed by atoms with Crippen LogP contribution in [0.1, 0.15) is 31.0 Å². The highest BCUT2D eigenvalue weighted by Crippen LogP contribution is 2.24. The zero-order valence-corrected chi connectivity index (χ0v) is 22.2. The number of nitrogens with zero attached hydrogens (tertiary/aromatic N) is 5. The summed E-state index contributed by atoms with van der Waals surface area (Å²) in [6.45, 7) is 7.32. The number of amides is 1. The average Bonchev–Trinajstić information content (AvgIpc) is 3.19. The number of hydrogen-bond acceptors (Lipinski definition) is 6. The van der Waals surface area contributed by atoms with Gasteiger partial charge in [0.25, 0.3) is 0 Å². The number of allylic oxidation sites excluding steroid dienone is 3. The smallest absolute Gasteiger partial charge is 0.244 e. The maximum atomic E-state index is 13.8. The lowest BCUT2D eigenvalue weighted by molar-refractivity contribution is -0.133. The number of carbonyl (C=O) groups excluding carboxylic acids is 1. The van der Waals surface area contributed by atoms with Crippen molar-refractivity contribution in [3.8, 4) is 11.3 Å². The standard InChI is InChI=1S/C28H36FN5O3/c1-20-7-9-24(37-4)18-30-28(20)33-13-11-32(12-14-33)27(35)19-34-23(6-5-15-36-3)17-26(31-34)22-8-10-25(29)21(2)16-22/h8-10,16-18H,5-7,11-15,19H2,1-4H3. The number of benzene rings is 1. The van der Waals surface area contributed by atoms with Crippen LogP contribution >= 0.6 is 0 Å². The number of methoxy groups -OCH3 is 2. The van der Waals surface area contributed by atoms with Gasteiger partial charge in [0.1, 0.15) is 23.9 Å². The van der Waals surface area contributed by atoms with Crippen LogP contribution < -0.4 is 0 Å². The highest BCUT2D eigenvalue weighted by Gasteiger charge is 2.25. The van der Waals surface area contributed by atoms with Crippen LogP contribution in [0.4, 0.5) is 4.39 Å². The van der Waals surface area contributed by atoms with E-state index in [4.69, 9.17) is 14.6 Å². The van der Waals surface area contributed by atoms with E-state index in [9.17, 15) is 9.18 Å². The molecule has 1 aromatic carbocycles. The molecule has 0 saturated carbocycles. The van der Waals surface area contributed by atoms with Crippen LogP contribution in [0.2, 0.25) is 0 Å². The van der Waals surface area contributed by atoms with E-state index in [0.29, 0.717) is 25.3 Å². The lowest BCUT2D eigenvalue weighted by atomic mass is 10.1. The molecule has 2 aliphatic rings. The number of piperazine rings is 1. The maximum Gasteiger partial charge on any atom is 0.244 e. The maximum absolute atomic E-state index is 13.8. The molecular weight excluding hydrogens is 473 g/mol. The van der Waals surface area contributed by atoms with E-state index in [2.05, 4.69) is 16.8 Å². The summed E-state index contributed by atoms with van der Waals surface area (Å²) in [5.74, 6) is 1.52. The minimum atomic E-state index is -0.242. The number of ether oxygens (including phenoxy) is 2. The quantitative estimate of drug-likeness (QED) is 0.479. The van der Waals surface area contributed by atoms with Crippen molar-refractivity contribution in [2.24, 2.45) is 4.99 Å². The van der Waals surface area contributed by atoms with E-state index in [1.165, 1.54) is 11.6 Å². The van der Waals surface area contributed by atoms with Gasteiger partial charge < -0.3 is 19.3 Å². The number of aliphatic imine (C=N–C) groups is 1. The van der Waals surface area contributed by atoms with E-state index in [1.54, 1.807) is 44.2 Å². The zero-order valence-electron chi connectivity index (χ0n) is 22.2. The Labute approximate surface area is 218 Å². The van der Waals surface area contributed by atoms with Crippen molar-refractivity contribution < 1.29 is 18.7 Å². The molecule has 0 N–H and O–H groups in total. The molecule has 4 rings (SSSR count). The van der Waals surface area contributed by atoms with Gasteiger partial charge in [-0.25, -0.2) is 9.38 Å². The fraction of sp³-hybridized carbons (Fsp3) is 0.464. The number of halogens is 1. The first-order valence-corrected chi connectivity index (χ1v) is 12.7. The lowest BCUT2D eigenvalue weighted by Gasteiger charge is -2.36. The number of aromatic nitrogens is 2. The number of hydrogen-bond donors (Lipinski definition) is 0. The van der Waals surface area contributed by atoms with Crippen molar-refractivity contribution in [1.29, 1.82) is 0 Å². The van der Waals surface area contributed by atoms with E-state index in [0.717, 1.165) is 60.9 Å². The number of rotatable bonds is 9. The monoisotopic (exact) mass is 509 g/mol. The van der Waals surface area contributed by atoms with Crippen LogP contribution in [0.15, 0.2) is 52.5 Å². The summed E-state index contributed by atoms with van der Waals surface area (Å²) >= 11 is 0. The Hall–Kier alpha value is -3.46. The minimum absolute atomic E-state index is 0.0379. The van der Waals surface area contributed by atoms with Gasteiger partial charge >= 0.3 is 0 Å².